The first-order valence-electron chi connectivity index (χ1n) is 7.28. The summed E-state index contributed by atoms with van der Waals surface area (Å²) in [5.41, 5.74) is -5.28. The SMILES string of the molecule is CC(C)n1cc(C(F)(F)F)c(=O)n(CC2(O)CCCOC2)c1=O. The summed E-state index contributed by atoms with van der Waals surface area (Å²) in [5.74, 6) is 0. The highest BCUT2D eigenvalue weighted by atomic mass is 19.4. The van der Waals surface area contributed by atoms with Gasteiger partial charge in [-0.2, -0.15) is 13.2 Å². The molecule has 1 N–H and O–H groups in total. The number of alkyl halides is 3. The molecule has 1 aliphatic heterocycles. The molecule has 0 aliphatic carbocycles. The Morgan fingerprint density at radius 2 is 2.04 bits per heavy atom. The van der Waals surface area contributed by atoms with Crippen molar-refractivity contribution in [2.75, 3.05) is 13.2 Å². The zero-order valence-electron chi connectivity index (χ0n) is 12.9. The molecular weight excluding hydrogens is 317 g/mol. The lowest BCUT2D eigenvalue weighted by Crippen LogP contribution is -2.51. The lowest BCUT2D eigenvalue weighted by Gasteiger charge is -2.32. The fourth-order valence-corrected chi connectivity index (χ4v) is 2.58. The molecule has 1 atom stereocenters. The van der Waals surface area contributed by atoms with Gasteiger partial charge in [-0.15, -0.1) is 0 Å². The minimum atomic E-state index is -4.88. The van der Waals surface area contributed by atoms with Crippen molar-refractivity contribution in [2.24, 2.45) is 0 Å². The number of hydrogen-bond acceptors (Lipinski definition) is 4. The molecule has 0 spiro atoms. The average Bonchev–Trinajstić information content (AvgIpc) is 2.42. The van der Waals surface area contributed by atoms with Crippen molar-refractivity contribution in [3.05, 3.63) is 32.6 Å². The maximum Gasteiger partial charge on any atom is 0.423 e. The van der Waals surface area contributed by atoms with E-state index in [1.54, 1.807) is 0 Å². The largest absolute Gasteiger partial charge is 0.423 e. The van der Waals surface area contributed by atoms with Gasteiger partial charge >= 0.3 is 11.9 Å². The lowest BCUT2D eigenvalue weighted by molar-refractivity contribution is -0.140. The van der Waals surface area contributed by atoms with E-state index in [1.807, 2.05) is 0 Å². The Bertz CT molecular complexity index is 685. The third-order valence-corrected chi connectivity index (χ3v) is 3.81. The van der Waals surface area contributed by atoms with Crippen LogP contribution in [0.1, 0.15) is 38.3 Å². The van der Waals surface area contributed by atoms with Crippen LogP contribution in [0.4, 0.5) is 13.2 Å². The van der Waals surface area contributed by atoms with Crippen LogP contribution in [0, 0.1) is 0 Å². The van der Waals surface area contributed by atoms with Crippen LogP contribution in [-0.2, 0) is 17.5 Å². The molecule has 1 unspecified atom stereocenters. The van der Waals surface area contributed by atoms with E-state index in [0.717, 1.165) is 4.57 Å². The van der Waals surface area contributed by atoms with Crippen LogP contribution in [-0.4, -0.2) is 33.1 Å². The Morgan fingerprint density at radius 1 is 1.39 bits per heavy atom. The molecule has 1 fully saturated rings. The zero-order chi connectivity index (χ0) is 17.4. The quantitative estimate of drug-likeness (QED) is 0.899. The fraction of sp³-hybridized carbons (Fsp3) is 0.714. The first kappa shape index (κ1) is 17.7. The first-order chi connectivity index (χ1) is 10.6. The summed E-state index contributed by atoms with van der Waals surface area (Å²) < 4.78 is 45.6. The molecule has 0 amide bonds. The minimum Gasteiger partial charge on any atom is -0.386 e. The van der Waals surface area contributed by atoms with Crippen LogP contribution in [0.3, 0.4) is 0 Å². The second-order valence-electron chi connectivity index (χ2n) is 6.10. The zero-order valence-corrected chi connectivity index (χ0v) is 12.9. The van der Waals surface area contributed by atoms with Crippen molar-refractivity contribution in [1.82, 2.24) is 9.13 Å². The van der Waals surface area contributed by atoms with Crippen LogP contribution in [0.15, 0.2) is 15.8 Å². The molecule has 2 heterocycles. The minimum absolute atomic E-state index is 0.128. The second-order valence-corrected chi connectivity index (χ2v) is 6.10. The fourth-order valence-electron chi connectivity index (χ4n) is 2.58. The summed E-state index contributed by atoms with van der Waals surface area (Å²) in [5, 5.41) is 10.4. The molecule has 1 saturated heterocycles. The molecule has 0 aromatic carbocycles. The smallest absolute Gasteiger partial charge is 0.386 e. The Labute approximate surface area is 130 Å². The van der Waals surface area contributed by atoms with Crippen molar-refractivity contribution in [3.63, 3.8) is 0 Å². The van der Waals surface area contributed by atoms with Gasteiger partial charge in [0.25, 0.3) is 5.56 Å². The molecule has 130 valence electrons. The maximum absolute atomic E-state index is 13.1. The number of nitrogens with zero attached hydrogens (tertiary/aromatic N) is 2. The van der Waals surface area contributed by atoms with Crippen LogP contribution in [0.2, 0.25) is 0 Å². The number of aromatic nitrogens is 2. The predicted octanol–water partition coefficient (Wildman–Crippen LogP) is 1.15. The van der Waals surface area contributed by atoms with E-state index in [2.05, 4.69) is 0 Å². The van der Waals surface area contributed by atoms with Gasteiger partial charge in [0.1, 0.15) is 11.2 Å². The Kier molecular flexibility index (Phi) is 4.72. The lowest BCUT2D eigenvalue weighted by atomic mass is 9.96. The molecule has 0 radical (unpaired) electrons. The monoisotopic (exact) mass is 336 g/mol. The summed E-state index contributed by atoms with van der Waals surface area (Å²) >= 11 is 0. The molecule has 9 heteroatoms. The molecule has 23 heavy (non-hydrogen) atoms. The molecule has 0 saturated carbocycles. The Morgan fingerprint density at radius 3 is 2.52 bits per heavy atom. The van der Waals surface area contributed by atoms with Gasteiger partial charge in [0, 0.05) is 18.8 Å². The highest BCUT2D eigenvalue weighted by molar-refractivity contribution is 5.11. The van der Waals surface area contributed by atoms with Gasteiger partial charge in [0.2, 0.25) is 0 Å². The van der Waals surface area contributed by atoms with Crippen molar-refractivity contribution < 1.29 is 23.0 Å². The van der Waals surface area contributed by atoms with Crippen LogP contribution in [0.25, 0.3) is 0 Å². The summed E-state index contributed by atoms with van der Waals surface area (Å²) in [6, 6.07) is -0.562. The Balaban J connectivity index is 2.59. The van der Waals surface area contributed by atoms with Gasteiger partial charge in [-0.25, -0.2) is 4.79 Å². The van der Waals surface area contributed by atoms with Crippen molar-refractivity contribution in [1.29, 1.82) is 0 Å². The van der Waals surface area contributed by atoms with Gasteiger partial charge in [-0.1, -0.05) is 0 Å². The highest BCUT2D eigenvalue weighted by Crippen LogP contribution is 2.27. The third kappa shape index (κ3) is 3.66. The molecule has 1 aromatic heterocycles. The normalized spacial score (nSPS) is 22.6. The van der Waals surface area contributed by atoms with Gasteiger partial charge in [0.15, 0.2) is 0 Å². The number of hydrogen-bond donors (Lipinski definition) is 1. The summed E-state index contributed by atoms with van der Waals surface area (Å²) in [7, 11) is 0. The second kappa shape index (κ2) is 6.12. The third-order valence-electron chi connectivity index (χ3n) is 3.81. The van der Waals surface area contributed by atoms with E-state index in [-0.39, 0.29) is 13.0 Å². The summed E-state index contributed by atoms with van der Waals surface area (Å²) in [4.78, 5) is 24.4. The molecule has 2 rings (SSSR count). The number of rotatable bonds is 3. The highest BCUT2D eigenvalue weighted by Gasteiger charge is 2.38. The summed E-state index contributed by atoms with van der Waals surface area (Å²) in [6.45, 7) is 2.84. The van der Waals surface area contributed by atoms with Crippen LogP contribution in [0.5, 0.6) is 0 Å². The predicted molar refractivity (Wildman–Crippen MR) is 75.4 cm³/mol. The van der Waals surface area contributed by atoms with Gasteiger partial charge in [-0.3, -0.25) is 13.9 Å². The van der Waals surface area contributed by atoms with E-state index >= 15 is 0 Å². The average molecular weight is 336 g/mol. The Hall–Kier alpha value is -1.61. The van der Waals surface area contributed by atoms with Crippen molar-refractivity contribution in [3.8, 4) is 0 Å². The van der Waals surface area contributed by atoms with E-state index in [1.165, 1.54) is 13.8 Å². The van der Waals surface area contributed by atoms with E-state index in [0.29, 0.717) is 23.8 Å². The molecular formula is C14H19F3N2O4. The van der Waals surface area contributed by atoms with Gasteiger partial charge in [0.05, 0.1) is 13.2 Å². The number of halogens is 3. The van der Waals surface area contributed by atoms with Crippen molar-refractivity contribution >= 4 is 0 Å². The van der Waals surface area contributed by atoms with E-state index < -0.39 is 41.2 Å². The first-order valence-corrected chi connectivity index (χ1v) is 7.28. The molecule has 0 bridgehead atoms. The van der Waals surface area contributed by atoms with Crippen molar-refractivity contribution in [2.45, 2.75) is 51.1 Å². The molecule has 1 aromatic rings. The molecule has 1 aliphatic rings. The maximum atomic E-state index is 13.1. The topological polar surface area (TPSA) is 73.5 Å². The van der Waals surface area contributed by atoms with E-state index in [4.69, 9.17) is 4.74 Å². The van der Waals surface area contributed by atoms with Crippen LogP contribution < -0.4 is 11.2 Å². The number of aliphatic hydroxyl groups is 1. The standard InChI is InChI=1S/C14H19F3N2O4/c1-9(2)18-6-10(14(15,16)17)11(20)19(12(18)21)7-13(22)4-3-5-23-8-13/h6,9,22H,3-5,7-8H2,1-2H3. The van der Waals surface area contributed by atoms with E-state index in [9.17, 15) is 27.9 Å². The van der Waals surface area contributed by atoms with Crippen LogP contribution >= 0.6 is 0 Å². The molecule has 6 nitrogen and oxygen atoms in total. The summed E-state index contributed by atoms with van der Waals surface area (Å²) in [6.07, 6.45) is -3.60. The van der Waals surface area contributed by atoms with Gasteiger partial charge < -0.3 is 9.84 Å². The number of ether oxygens (including phenoxy) is 1. The van der Waals surface area contributed by atoms with Gasteiger partial charge in [-0.05, 0) is 26.7 Å².